The van der Waals surface area contributed by atoms with E-state index in [0.717, 1.165) is 15.6 Å². The van der Waals surface area contributed by atoms with Gasteiger partial charge in [-0.3, -0.25) is 0 Å². The zero-order chi connectivity index (χ0) is 16.5. The SMILES string of the molecule is Clc1ccc(C2=NOB(c3ccccc3)N2c2ccc(Br)cc2)o1. The van der Waals surface area contributed by atoms with E-state index in [9.17, 15) is 0 Å². The van der Waals surface area contributed by atoms with Crippen LogP contribution in [0.1, 0.15) is 5.76 Å². The lowest BCUT2D eigenvalue weighted by Crippen LogP contribution is -2.48. The molecular formula is C17H11BBrClN2O2. The lowest BCUT2D eigenvalue weighted by molar-refractivity contribution is 0.366. The number of nitrogens with zero attached hydrogens (tertiary/aromatic N) is 2. The molecule has 7 heteroatoms. The smallest absolute Gasteiger partial charge is 0.441 e. The van der Waals surface area contributed by atoms with Gasteiger partial charge in [0.1, 0.15) is 0 Å². The van der Waals surface area contributed by atoms with Crippen molar-refractivity contribution in [2.24, 2.45) is 5.16 Å². The second-order valence-corrected chi connectivity index (χ2v) is 6.52. The van der Waals surface area contributed by atoms with E-state index in [0.29, 0.717) is 16.8 Å². The third-order valence-electron chi connectivity index (χ3n) is 3.68. The minimum Gasteiger partial charge on any atom is -0.441 e. The number of rotatable bonds is 3. The van der Waals surface area contributed by atoms with Gasteiger partial charge in [0.2, 0.25) is 5.84 Å². The predicted octanol–water partition coefficient (Wildman–Crippen LogP) is 4.29. The van der Waals surface area contributed by atoms with E-state index in [-0.39, 0.29) is 7.05 Å². The highest BCUT2D eigenvalue weighted by Crippen LogP contribution is 2.27. The molecule has 2 heterocycles. The monoisotopic (exact) mass is 400 g/mol. The van der Waals surface area contributed by atoms with Crippen LogP contribution < -0.4 is 10.3 Å². The first-order valence-corrected chi connectivity index (χ1v) is 8.49. The van der Waals surface area contributed by atoms with Crippen LogP contribution in [0.4, 0.5) is 5.69 Å². The van der Waals surface area contributed by atoms with E-state index in [1.54, 1.807) is 12.1 Å². The van der Waals surface area contributed by atoms with Gasteiger partial charge >= 0.3 is 7.05 Å². The van der Waals surface area contributed by atoms with Crippen LogP contribution in [-0.4, -0.2) is 12.9 Å². The van der Waals surface area contributed by atoms with Gasteiger partial charge in [-0.1, -0.05) is 51.4 Å². The predicted molar refractivity (Wildman–Crippen MR) is 99.8 cm³/mol. The molecule has 0 amide bonds. The van der Waals surface area contributed by atoms with Crippen molar-refractivity contribution in [3.8, 4) is 0 Å². The van der Waals surface area contributed by atoms with Gasteiger partial charge in [0.05, 0.1) is 0 Å². The Bertz CT molecular complexity index is 883. The van der Waals surface area contributed by atoms with Crippen LogP contribution in [0.25, 0.3) is 0 Å². The topological polar surface area (TPSA) is 38.0 Å². The van der Waals surface area contributed by atoms with Crippen molar-refractivity contribution in [1.29, 1.82) is 0 Å². The van der Waals surface area contributed by atoms with Crippen LogP contribution in [0.3, 0.4) is 0 Å². The van der Waals surface area contributed by atoms with Gasteiger partial charge in [-0.2, -0.15) is 0 Å². The van der Waals surface area contributed by atoms with Gasteiger partial charge in [-0.05, 0) is 53.5 Å². The highest BCUT2D eigenvalue weighted by Gasteiger charge is 2.41. The van der Waals surface area contributed by atoms with Gasteiger partial charge in [0, 0.05) is 10.2 Å². The number of furan rings is 1. The van der Waals surface area contributed by atoms with Crippen molar-refractivity contribution in [1.82, 2.24) is 0 Å². The molecule has 24 heavy (non-hydrogen) atoms. The Labute approximate surface area is 152 Å². The lowest BCUT2D eigenvalue weighted by Gasteiger charge is -2.22. The minimum absolute atomic E-state index is 0.312. The summed E-state index contributed by atoms with van der Waals surface area (Å²) in [7, 11) is -0.369. The molecule has 4 nitrogen and oxygen atoms in total. The number of amidine groups is 1. The maximum atomic E-state index is 5.92. The first kappa shape index (κ1) is 15.4. The fraction of sp³-hybridized carbons (Fsp3) is 0. The molecule has 0 spiro atoms. The van der Waals surface area contributed by atoms with E-state index >= 15 is 0 Å². The van der Waals surface area contributed by atoms with Gasteiger partial charge in [-0.25, -0.2) is 0 Å². The van der Waals surface area contributed by atoms with E-state index in [1.165, 1.54) is 0 Å². The summed E-state index contributed by atoms with van der Waals surface area (Å²) in [5.74, 6) is 1.14. The maximum absolute atomic E-state index is 5.92. The molecule has 0 fully saturated rings. The fourth-order valence-electron chi connectivity index (χ4n) is 2.59. The second-order valence-electron chi connectivity index (χ2n) is 5.23. The Morgan fingerprint density at radius 1 is 0.958 bits per heavy atom. The minimum atomic E-state index is -0.369. The molecule has 0 atom stereocenters. The summed E-state index contributed by atoms with van der Waals surface area (Å²) in [6, 6.07) is 21.3. The third kappa shape index (κ3) is 2.83. The summed E-state index contributed by atoms with van der Waals surface area (Å²) in [6.07, 6.45) is 0. The average molecular weight is 401 g/mol. The summed E-state index contributed by atoms with van der Waals surface area (Å²) in [5.41, 5.74) is 1.94. The molecule has 0 radical (unpaired) electrons. The zero-order valence-corrected chi connectivity index (χ0v) is 14.7. The quantitative estimate of drug-likeness (QED) is 0.615. The van der Waals surface area contributed by atoms with Crippen molar-refractivity contribution < 1.29 is 9.17 Å². The molecule has 118 valence electrons. The van der Waals surface area contributed by atoms with Gasteiger partial charge in [0.15, 0.2) is 11.0 Å². The molecule has 2 aromatic carbocycles. The van der Waals surface area contributed by atoms with Crippen molar-refractivity contribution in [2.45, 2.75) is 0 Å². The van der Waals surface area contributed by atoms with Crippen LogP contribution in [-0.2, 0) is 4.76 Å². The van der Waals surface area contributed by atoms with Crippen LogP contribution in [0, 0.1) is 0 Å². The summed E-state index contributed by atoms with van der Waals surface area (Å²) in [4.78, 5) is 1.98. The van der Waals surface area contributed by atoms with E-state index < -0.39 is 0 Å². The molecule has 0 saturated heterocycles. The third-order valence-corrected chi connectivity index (χ3v) is 4.42. The number of hydrogen-bond donors (Lipinski definition) is 0. The van der Waals surface area contributed by atoms with Crippen LogP contribution in [0.15, 0.2) is 80.8 Å². The Morgan fingerprint density at radius 3 is 2.38 bits per heavy atom. The molecule has 0 N–H and O–H groups in total. The zero-order valence-electron chi connectivity index (χ0n) is 12.4. The van der Waals surface area contributed by atoms with Crippen molar-refractivity contribution in [3.63, 3.8) is 0 Å². The van der Waals surface area contributed by atoms with E-state index in [4.69, 9.17) is 20.8 Å². The summed E-state index contributed by atoms with van der Waals surface area (Å²) < 4.78 is 12.2. The standard InChI is InChI=1S/C17H11BBrClN2O2/c19-13-6-8-14(9-7-13)22-17(15-10-11-16(20)23-15)21-24-18(22)12-4-2-1-3-5-12/h1-11H. The van der Waals surface area contributed by atoms with E-state index in [1.807, 2.05) is 59.4 Å². The molecule has 3 aromatic rings. The summed E-state index contributed by atoms with van der Waals surface area (Å²) in [6.45, 7) is 0. The second kappa shape index (κ2) is 6.38. The Morgan fingerprint density at radius 2 is 1.71 bits per heavy atom. The first-order valence-electron chi connectivity index (χ1n) is 7.31. The summed E-state index contributed by atoms with van der Waals surface area (Å²) in [5, 5.41) is 4.55. The largest absolute Gasteiger partial charge is 0.550 e. The highest BCUT2D eigenvalue weighted by atomic mass is 79.9. The van der Waals surface area contributed by atoms with Crippen LogP contribution in [0.2, 0.25) is 5.22 Å². The maximum Gasteiger partial charge on any atom is 0.550 e. The Kier molecular flexibility index (Phi) is 4.08. The van der Waals surface area contributed by atoms with Crippen LogP contribution in [0.5, 0.6) is 0 Å². The van der Waals surface area contributed by atoms with Crippen LogP contribution >= 0.6 is 27.5 Å². The average Bonchev–Trinajstić information content (AvgIpc) is 3.22. The molecular weight excluding hydrogens is 390 g/mol. The molecule has 0 saturated carbocycles. The number of oxime groups is 1. The van der Waals surface area contributed by atoms with Gasteiger partial charge in [-0.15, -0.1) is 0 Å². The molecule has 1 aromatic heterocycles. The fourth-order valence-corrected chi connectivity index (χ4v) is 3.00. The molecule has 0 aliphatic carbocycles. The molecule has 0 bridgehead atoms. The van der Waals surface area contributed by atoms with Crippen molar-refractivity contribution >= 4 is 51.6 Å². The van der Waals surface area contributed by atoms with Crippen molar-refractivity contribution in [2.75, 3.05) is 4.81 Å². The molecule has 1 aliphatic heterocycles. The Balaban J connectivity index is 1.78. The first-order chi connectivity index (χ1) is 11.7. The Hall–Kier alpha value is -2.18. The number of hydrogen-bond acceptors (Lipinski definition) is 4. The van der Waals surface area contributed by atoms with E-state index in [2.05, 4.69) is 21.1 Å². The highest BCUT2D eigenvalue weighted by molar-refractivity contribution is 9.10. The normalized spacial score (nSPS) is 13.8. The molecule has 1 aliphatic rings. The van der Waals surface area contributed by atoms with Gasteiger partial charge in [0.25, 0.3) is 0 Å². The summed E-state index contributed by atoms with van der Waals surface area (Å²) >= 11 is 9.38. The van der Waals surface area contributed by atoms with Gasteiger partial charge < -0.3 is 14.0 Å². The number of benzene rings is 2. The molecule has 4 rings (SSSR count). The molecule has 0 unspecified atom stereocenters. The number of halogens is 2. The van der Waals surface area contributed by atoms with Crippen molar-refractivity contribution in [3.05, 3.63) is 82.2 Å². The number of anilines is 1. The lowest BCUT2D eigenvalue weighted by atomic mass is 9.71.